The van der Waals surface area contributed by atoms with Crippen LogP contribution in [-0.2, 0) is 23.0 Å². The van der Waals surface area contributed by atoms with Crippen LogP contribution in [0.1, 0.15) is 38.8 Å². The van der Waals surface area contributed by atoms with Crippen LogP contribution in [0.25, 0.3) is 0 Å². The Hall–Kier alpha value is -2.05. The summed E-state index contributed by atoms with van der Waals surface area (Å²) in [6.07, 6.45) is 0.931. The highest BCUT2D eigenvalue weighted by molar-refractivity contribution is 7.89. The van der Waals surface area contributed by atoms with Crippen molar-refractivity contribution < 1.29 is 17.9 Å². The second-order valence-electron chi connectivity index (χ2n) is 6.71. The van der Waals surface area contributed by atoms with Gasteiger partial charge in [-0.05, 0) is 61.6 Å². The molecule has 0 unspecified atom stereocenters. The molecule has 0 amide bonds. The summed E-state index contributed by atoms with van der Waals surface area (Å²) in [6.45, 7) is 9.32. The Morgan fingerprint density at radius 2 is 1.48 bits per heavy atom. The van der Waals surface area contributed by atoms with E-state index in [1.54, 1.807) is 18.2 Å². The Morgan fingerprint density at radius 1 is 0.889 bits per heavy atom. The van der Waals surface area contributed by atoms with Gasteiger partial charge in [-0.2, -0.15) is 0 Å². The minimum atomic E-state index is -3.57. The normalized spacial score (nSPS) is 11.6. The van der Waals surface area contributed by atoms with Gasteiger partial charge in [-0.3, -0.25) is 0 Å². The fourth-order valence-electron chi connectivity index (χ4n) is 2.74. The molecule has 2 rings (SSSR count). The van der Waals surface area contributed by atoms with Gasteiger partial charge in [0.25, 0.3) is 0 Å². The summed E-state index contributed by atoms with van der Waals surface area (Å²) in [7, 11) is -3.57. The molecule has 1 N–H and O–H groups in total. The SMILES string of the molecule is CCOc1ccc(CNS(=O)(=O)c2ccc(CC(C)C)cc2)cc1OCC. The molecule has 0 heterocycles. The van der Waals surface area contributed by atoms with E-state index in [0.29, 0.717) is 30.6 Å². The zero-order chi connectivity index (χ0) is 19.9. The summed E-state index contributed by atoms with van der Waals surface area (Å²) >= 11 is 0. The van der Waals surface area contributed by atoms with E-state index < -0.39 is 10.0 Å². The van der Waals surface area contributed by atoms with Gasteiger partial charge in [-0.15, -0.1) is 0 Å². The third-order valence-electron chi connectivity index (χ3n) is 3.95. The Morgan fingerprint density at radius 3 is 2.07 bits per heavy atom. The second kappa shape index (κ2) is 9.76. The van der Waals surface area contributed by atoms with Crippen molar-refractivity contribution in [3.8, 4) is 11.5 Å². The third kappa shape index (κ3) is 6.26. The first-order chi connectivity index (χ1) is 12.9. The summed E-state index contributed by atoms with van der Waals surface area (Å²) in [5, 5.41) is 0. The minimum Gasteiger partial charge on any atom is -0.490 e. The fourth-order valence-corrected chi connectivity index (χ4v) is 3.76. The van der Waals surface area contributed by atoms with Crippen LogP contribution < -0.4 is 14.2 Å². The predicted molar refractivity (Wildman–Crippen MR) is 108 cm³/mol. The van der Waals surface area contributed by atoms with Crippen molar-refractivity contribution in [2.24, 2.45) is 5.92 Å². The molecule has 0 atom stereocenters. The van der Waals surface area contributed by atoms with Crippen LogP contribution in [0.3, 0.4) is 0 Å². The van der Waals surface area contributed by atoms with Crippen LogP contribution >= 0.6 is 0 Å². The summed E-state index contributed by atoms with van der Waals surface area (Å²) in [5.74, 6) is 1.81. The van der Waals surface area contributed by atoms with Crippen molar-refractivity contribution in [1.29, 1.82) is 0 Å². The van der Waals surface area contributed by atoms with Crippen molar-refractivity contribution in [3.05, 3.63) is 53.6 Å². The van der Waals surface area contributed by atoms with Gasteiger partial charge in [-0.25, -0.2) is 13.1 Å². The molecule has 0 saturated carbocycles. The molecule has 0 radical (unpaired) electrons. The van der Waals surface area contributed by atoms with E-state index in [1.807, 2.05) is 38.1 Å². The average Bonchev–Trinajstić information content (AvgIpc) is 2.62. The molecular weight excluding hydrogens is 362 g/mol. The molecule has 0 spiro atoms. The number of hydrogen-bond donors (Lipinski definition) is 1. The molecule has 0 bridgehead atoms. The zero-order valence-corrected chi connectivity index (χ0v) is 17.3. The van der Waals surface area contributed by atoms with Crippen molar-refractivity contribution >= 4 is 10.0 Å². The summed E-state index contributed by atoms with van der Waals surface area (Å²) in [4.78, 5) is 0.269. The van der Waals surface area contributed by atoms with Crippen LogP contribution in [0.5, 0.6) is 11.5 Å². The molecule has 5 nitrogen and oxygen atoms in total. The quantitative estimate of drug-likeness (QED) is 0.660. The second-order valence-corrected chi connectivity index (χ2v) is 8.48. The van der Waals surface area contributed by atoms with Gasteiger partial charge in [0.15, 0.2) is 11.5 Å². The van der Waals surface area contributed by atoms with Gasteiger partial charge in [-0.1, -0.05) is 32.0 Å². The molecule has 0 saturated heterocycles. The van der Waals surface area contributed by atoms with Crippen LogP contribution in [0.2, 0.25) is 0 Å². The third-order valence-corrected chi connectivity index (χ3v) is 5.37. The lowest BCUT2D eigenvalue weighted by atomic mass is 10.0. The highest BCUT2D eigenvalue weighted by Gasteiger charge is 2.14. The Bertz CT molecular complexity index is 830. The highest BCUT2D eigenvalue weighted by Crippen LogP contribution is 2.28. The first-order valence-corrected chi connectivity index (χ1v) is 10.8. The van der Waals surface area contributed by atoms with E-state index in [4.69, 9.17) is 9.47 Å². The lowest BCUT2D eigenvalue weighted by Gasteiger charge is -2.13. The molecular formula is C21H29NO4S. The minimum absolute atomic E-state index is 0.183. The van der Waals surface area contributed by atoms with Crippen LogP contribution in [0.4, 0.5) is 0 Å². The largest absolute Gasteiger partial charge is 0.490 e. The van der Waals surface area contributed by atoms with Crippen molar-refractivity contribution in [1.82, 2.24) is 4.72 Å². The van der Waals surface area contributed by atoms with Crippen molar-refractivity contribution in [3.63, 3.8) is 0 Å². The maximum Gasteiger partial charge on any atom is 0.240 e. The first kappa shape index (κ1) is 21.3. The zero-order valence-electron chi connectivity index (χ0n) is 16.5. The van der Waals surface area contributed by atoms with Gasteiger partial charge >= 0.3 is 0 Å². The van der Waals surface area contributed by atoms with E-state index in [2.05, 4.69) is 18.6 Å². The highest BCUT2D eigenvalue weighted by atomic mass is 32.2. The van der Waals surface area contributed by atoms with Crippen molar-refractivity contribution in [2.45, 2.75) is 45.6 Å². The smallest absolute Gasteiger partial charge is 0.240 e. The fraction of sp³-hybridized carbons (Fsp3) is 0.429. The molecule has 6 heteroatoms. The lowest BCUT2D eigenvalue weighted by molar-refractivity contribution is 0.287. The Balaban J connectivity index is 2.09. The summed E-state index contributed by atoms with van der Waals surface area (Å²) in [5.41, 5.74) is 1.94. The van der Waals surface area contributed by atoms with Gasteiger partial charge in [0, 0.05) is 6.54 Å². The van der Waals surface area contributed by atoms with E-state index in [9.17, 15) is 8.42 Å². The van der Waals surface area contributed by atoms with Crippen LogP contribution in [0.15, 0.2) is 47.4 Å². The molecule has 27 heavy (non-hydrogen) atoms. The molecule has 0 aliphatic heterocycles. The Labute approximate surface area is 162 Å². The molecule has 148 valence electrons. The summed E-state index contributed by atoms with van der Waals surface area (Å²) in [6, 6.07) is 12.5. The monoisotopic (exact) mass is 391 g/mol. The number of rotatable bonds is 10. The molecule has 2 aromatic rings. The first-order valence-electron chi connectivity index (χ1n) is 9.32. The van der Waals surface area contributed by atoms with Gasteiger partial charge in [0.2, 0.25) is 10.0 Å². The lowest BCUT2D eigenvalue weighted by Crippen LogP contribution is -2.23. The maximum atomic E-state index is 12.6. The van der Waals surface area contributed by atoms with E-state index in [1.165, 1.54) is 0 Å². The number of hydrogen-bond acceptors (Lipinski definition) is 4. The number of ether oxygens (including phenoxy) is 2. The van der Waals surface area contributed by atoms with E-state index >= 15 is 0 Å². The molecule has 0 aliphatic rings. The summed E-state index contributed by atoms with van der Waals surface area (Å²) < 4.78 is 38.9. The van der Waals surface area contributed by atoms with Crippen LogP contribution in [0, 0.1) is 5.92 Å². The molecule has 0 fully saturated rings. The number of nitrogens with one attached hydrogen (secondary N) is 1. The Kier molecular flexibility index (Phi) is 7.68. The van der Waals surface area contributed by atoms with E-state index in [-0.39, 0.29) is 11.4 Å². The van der Waals surface area contributed by atoms with Gasteiger partial charge in [0.05, 0.1) is 18.1 Å². The number of benzene rings is 2. The molecule has 2 aromatic carbocycles. The molecule has 0 aliphatic carbocycles. The van der Waals surface area contributed by atoms with Gasteiger partial charge in [0.1, 0.15) is 0 Å². The molecule has 0 aromatic heterocycles. The van der Waals surface area contributed by atoms with Crippen molar-refractivity contribution in [2.75, 3.05) is 13.2 Å². The standard InChI is InChI=1S/C21H29NO4S/c1-5-25-20-12-9-18(14-21(20)26-6-2)15-22-27(23,24)19-10-7-17(8-11-19)13-16(3)4/h7-12,14,16,22H,5-6,13,15H2,1-4H3. The predicted octanol–water partition coefficient (Wildman–Crippen LogP) is 4.16. The van der Waals surface area contributed by atoms with Crippen LogP contribution in [-0.4, -0.2) is 21.6 Å². The van der Waals surface area contributed by atoms with E-state index in [0.717, 1.165) is 17.5 Å². The maximum absolute atomic E-state index is 12.6. The number of sulfonamides is 1. The van der Waals surface area contributed by atoms with Gasteiger partial charge < -0.3 is 9.47 Å². The average molecular weight is 392 g/mol. The topological polar surface area (TPSA) is 64.6 Å².